The highest BCUT2D eigenvalue weighted by molar-refractivity contribution is 6.46. The van der Waals surface area contributed by atoms with Gasteiger partial charge in [-0.05, 0) is 61.7 Å². The van der Waals surface area contributed by atoms with E-state index in [-0.39, 0.29) is 22.8 Å². The topological polar surface area (TPSA) is 96.3 Å². The molecule has 1 aliphatic heterocycles. The zero-order chi connectivity index (χ0) is 22.7. The van der Waals surface area contributed by atoms with Crippen LogP contribution in [-0.4, -0.2) is 47.1 Å². The molecular weight excluding hydrogens is 398 g/mol. The number of hydrogen-bond donors (Lipinski definition) is 2. The second kappa shape index (κ2) is 9.12. The first-order valence-electron chi connectivity index (χ1n) is 10.2. The molecule has 31 heavy (non-hydrogen) atoms. The fraction of sp³-hybridized carbons (Fsp3) is 0.333. The number of nitrogens with zero attached hydrogens (tertiary/aromatic N) is 1. The average Bonchev–Trinajstić information content (AvgIpc) is 3.00. The highest BCUT2D eigenvalue weighted by atomic mass is 16.5. The van der Waals surface area contributed by atoms with Crippen molar-refractivity contribution in [1.82, 2.24) is 4.90 Å². The molecule has 164 valence electrons. The Bertz CT molecular complexity index is 1040. The van der Waals surface area contributed by atoms with E-state index in [1.807, 2.05) is 13.8 Å². The molecule has 7 nitrogen and oxygen atoms in total. The van der Waals surface area contributed by atoms with Crippen molar-refractivity contribution in [3.05, 3.63) is 58.7 Å². The van der Waals surface area contributed by atoms with E-state index in [1.54, 1.807) is 44.4 Å². The zero-order valence-corrected chi connectivity index (χ0v) is 18.1. The molecule has 0 spiro atoms. The number of phenolic OH excluding ortho intramolecular Hbond substituents is 1. The van der Waals surface area contributed by atoms with E-state index in [0.29, 0.717) is 36.4 Å². The summed E-state index contributed by atoms with van der Waals surface area (Å²) in [5.74, 6) is -0.788. The average molecular weight is 425 g/mol. The third kappa shape index (κ3) is 4.08. The van der Waals surface area contributed by atoms with E-state index in [9.17, 15) is 19.8 Å². The molecule has 0 bridgehead atoms. The summed E-state index contributed by atoms with van der Waals surface area (Å²) >= 11 is 0. The van der Waals surface area contributed by atoms with Gasteiger partial charge < -0.3 is 24.6 Å². The van der Waals surface area contributed by atoms with Crippen LogP contribution >= 0.6 is 0 Å². The molecule has 1 aliphatic rings. The highest BCUT2D eigenvalue weighted by Crippen LogP contribution is 2.42. The summed E-state index contributed by atoms with van der Waals surface area (Å²) in [6.45, 7) is 6.22. The molecule has 2 aromatic rings. The van der Waals surface area contributed by atoms with Gasteiger partial charge in [0.2, 0.25) is 0 Å². The predicted octanol–water partition coefficient (Wildman–Crippen LogP) is 3.94. The van der Waals surface area contributed by atoms with Gasteiger partial charge in [0.05, 0.1) is 25.3 Å². The molecule has 7 heteroatoms. The first kappa shape index (κ1) is 22.2. The van der Waals surface area contributed by atoms with E-state index >= 15 is 0 Å². The van der Waals surface area contributed by atoms with Crippen LogP contribution in [0.1, 0.15) is 43.0 Å². The van der Waals surface area contributed by atoms with Crippen molar-refractivity contribution in [3.63, 3.8) is 0 Å². The van der Waals surface area contributed by atoms with Crippen LogP contribution in [0.15, 0.2) is 42.0 Å². The lowest BCUT2D eigenvalue weighted by atomic mass is 9.94. The molecule has 1 amide bonds. The zero-order valence-electron chi connectivity index (χ0n) is 18.1. The van der Waals surface area contributed by atoms with Crippen LogP contribution in [0.3, 0.4) is 0 Å². The van der Waals surface area contributed by atoms with Crippen LogP contribution in [0.5, 0.6) is 17.2 Å². The molecule has 1 atom stereocenters. The largest absolute Gasteiger partial charge is 0.507 e. The quantitative estimate of drug-likeness (QED) is 0.396. The standard InChI is InChI=1S/C24H27NO6/c1-5-11-25-21(15-7-9-17(26)19(13-15)31-6-2)20(23(28)24(25)29)22(27)16-8-10-18(30-4)14(3)12-16/h7-10,12-13,21,26-27H,5-6,11H2,1-4H3/b22-20-. The van der Waals surface area contributed by atoms with Crippen molar-refractivity contribution in [3.8, 4) is 17.2 Å². The van der Waals surface area contributed by atoms with Crippen molar-refractivity contribution < 1.29 is 29.3 Å². The van der Waals surface area contributed by atoms with Gasteiger partial charge in [-0.3, -0.25) is 9.59 Å². The molecule has 0 aliphatic carbocycles. The molecule has 1 saturated heterocycles. The van der Waals surface area contributed by atoms with Gasteiger partial charge in [-0.1, -0.05) is 13.0 Å². The number of ether oxygens (including phenoxy) is 2. The van der Waals surface area contributed by atoms with Crippen LogP contribution in [0.2, 0.25) is 0 Å². The van der Waals surface area contributed by atoms with E-state index in [4.69, 9.17) is 9.47 Å². The molecule has 2 N–H and O–H groups in total. The maximum Gasteiger partial charge on any atom is 0.295 e. The van der Waals surface area contributed by atoms with Crippen molar-refractivity contribution in [1.29, 1.82) is 0 Å². The van der Waals surface area contributed by atoms with Gasteiger partial charge in [-0.25, -0.2) is 0 Å². The van der Waals surface area contributed by atoms with Crippen LogP contribution in [0.25, 0.3) is 5.76 Å². The first-order valence-corrected chi connectivity index (χ1v) is 10.2. The summed E-state index contributed by atoms with van der Waals surface area (Å²) in [5.41, 5.74) is 1.78. The maximum absolute atomic E-state index is 13.0. The number of aliphatic hydroxyl groups excluding tert-OH is 1. The monoisotopic (exact) mass is 425 g/mol. The highest BCUT2D eigenvalue weighted by Gasteiger charge is 2.45. The second-order valence-corrected chi connectivity index (χ2v) is 7.34. The summed E-state index contributed by atoms with van der Waals surface area (Å²) in [6, 6.07) is 8.96. The minimum absolute atomic E-state index is 0.0103. The van der Waals surface area contributed by atoms with E-state index in [1.165, 1.54) is 11.0 Å². The smallest absolute Gasteiger partial charge is 0.295 e. The Kier molecular flexibility index (Phi) is 6.53. The number of Topliss-reactive ketones (excluding diaryl/α,β-unsaturated/α-hetero) is 1. The number of amides is 1. The number of phenols is 1. The summed E-state index contributed by atoms with van der Waals surface area (Å²) in [5, 5.41) is 21.2. The molecule has 1 heterocycles. The number of aromatic hydroxyl groups is 1. The summed E-state index contributed by atoms with van der Waals surface area (Å²) in [7, 11) is 1.55. The number of aliphatic hydroxyl groups is 1. The van der Waals surface area contributed by atoms with Crippen LogP contribution in [0.4, 0.5) is 0 Å². The molecule has 1 fully saturated rings. The first-order chi connectivity index (χ1) is 14.8. The molecule has 1 unspecified atom stereocenters. The third-order valence-corrected chi connectivity index (χ3v) is 5.27. The van der Waals surface area contributed by atoms with E-state index < -0.39 is 17.7 Å². The summed E-state index contributed by atoms with van der Waals surface area (Å²) < 4.78 is 10.7. The van der Waals surface area contributed by atoms with E-state index in [0.717, 1.165) is 5.56 Å². The van der Waals surface area contributed by atoms with Crippen molar-refractivity contribution >= 4 is 17.4 Å². The number of benzene rings is 2. The summed E-state index contributed by atoms with van der Waals surface area (Å²) in [6.07, 6.45) is 0.640. The molecule has 0 radical (unpaired) electrons. The number of aryl methyl sites for hydroxylation is 1. The second-order valence-electron chi connectivity index (χ2n) is 7.34. The fourth-order valence-electron chi connectivity index (χ4n) is 3.85. The van der Waals surface area contributed by atoms with Gasteiger partial charge in [0.15, 0.2) is 11.5 Å². The number of likely N-dealkylation sites (tertiary alicyclic amines) is 1. The van der Waals surface area contributed by atoms with Crippen LogP contribution < -0.4 is 9.47 Å². The van der Waals surface area contributed by atoms with Gasteiger partial charge >= 0.3 is 0 Å². The Hall–Kier alpha value is -3.48. The normalized spacial score (nSPS) is 17.8. The summed E-state index contributed by atoms with van der Waals surface area (Å²) in [4.78, 5) is 27.2. The number of carbonyl (C=O) groups is 2. The van der Waals surface area contributed by atoms with Gasteiger partial charge in [0, 0.05) is 12.1 Å². The van der Waals surface area contributed by atoms with Crippen molar-refractivity contribution in [2.45, 2.75) is 33.2 Å². The minimum Gasteiger partial charge on any atom is -0.507 e. The third-order valence-electron chi connectivity index (χ3n) is 5.27. The van der Waals surface area contributed by atoms with Crippen molar-refractivity contribution in [2.75, 3.05) is 20.3 Å². The lowest BCUT2D eigenvalue weighted by Crippen LogP contribution is -2.30. The molecule has 0 aromatic heterocycles. The number of hydrogen-bond acceptors (Lipinski definition) is 6. The number of ketones is 1. The molecule has 0 saturated carbocycles. The molecule has 2 aromatic carbocycles. The molecule has 3 rings (SSSR count). The van der Waals surface area contributed by atoms with Gasteiger partial charge in [-0.15, -0.1) is 0 Å². The Morgan fingerprint density at radius 3 is 2.45 bits per heavy atom. The van der Waals surface area contributed by atoms with Gasteiger partial charge in [0.25, 0.3) is 11.7 Å². The van der Waals surface area contributed by atoms with Crippen LogP contribution in [0, 0.1) is 6.92 Å². The number of methoxy groups -OCH3 is 1. The molecular formula is C24H27NO6. The Labute approximate surface area is 181 Å². The van der Waals surface area contributed by atoms with Gasteiger partial charge in [-0.2, -0.15) is 0 Å². The Morgan fingerprint density at radius 1 is 1.10 bits per heavy atom. The lowest BCUT2D eigenvalue weighted by molar-refractivity contribution is -0.139. The fourth-order valence-corrected chi connectivity index (χ4v) is 3.85. The number of carbonyl (C=O) groups excluding carboxylic acids is 2. The van der Waals surface area contributed by atoms with Crippen molar-refractivity contribution in [2.24, 2.45) is 0 Å². The maximum atomic E-state index is 13.0. The van der Waals surface area contributed by atoms with Crippen LogP contribution in [-0.2, 0) is 9.59 Å². The van der Waals surface area contributed by atoms with Gasteiger partial charge in [0.1, 0.15) is 11.5 Å². The lowest BCUT2D eigenvalue weighted by Gasteiger charge is -2.25. The minimum atomic E-state index is -0.790. The predicted molar refractivity (Wildman–Crippen MR) is 116 cm³/mol. The van der Waals surface area contributed by atoms with E-state index in [2.05, 4.69) is 0 Å². The Balaban J connectivity index is 2.20. The SMILES string of the molecule is CCCN1C(=O)C(=O)/C(=C(\O)c2ccc(OC)c(C)c2)C1c1ccc(O)c(OCC)c1. The Morgan fingerprint density at radius 2 is 1.84 bits per heavy atom. The number of rotatable bonds is 7.